The van der Waals surface area contributed by atoms with E-state index in [9.17, 15) is 4.79 Å². The zero-order chi connectivity index (χ0) is 10.4. The summed E-state index contributed by atoms with van der Waals surface area (Å²) in [6.07, 6.45) is 7.60. The zero-order valence-electron chi connectivity index (χ0n) is 8.87. The Morgan fingerprint density at radius 3 is 2.57 bits per heavy atom. The van der Waals surface area contributed by atoms with Gasteiger partial charge in [0, 0.05) is 7.11 Å². The first-order chi connectivity index (χ1) is 6.74. The Morgan fingerprint density at radius 2 is 2.07 bits per heavy atom. The second-order valence-electron chi connectivity index (χ2n) is 4.14. The van der Waals surface area contributed by atoms with E-state index >= 15 is 0 Å². The topological polar surface area (TPSA) is 46.5 Å². The van der Waals surface area contributed by atoms with E-state index in [4.69, 9.17) is 9.84 Å². The highest BCUT2D eigenvalue weighted by Gasteiger charge is 2.19. The Balaban J connectivity index is 2.20. The Labute approximate surface area is 85.5 Å². The molecule has 0 saturated heterocycles. The average Bonchev–Trinajstić information content (AvgIpc) is 2.20. The fraction of sp³-hybridized carbons (Fsp3) is 0.909. The molecule has 1 aliphatic carbocycles. The van der Waals surface area contributed by atoms with Gasteiger partial charge in [0.2, 0.25) is 0 Å². The van der Waals surface area contributed by atoms with Gasteiger partial charge in [0.15, 0.2) is 6.10 Å². The van der Waals surface area contributed by atoms with E-state index in [1.807, 2.05) is 0 Å². The third-order valence-corrected chi connectivity index (χ3v) is 3.12. The van der Waals surface area contributed by atoms with Crippen LogP contribution in [0.25, 0.3) is 0 Å². The molecule has 1 atom stereocenters. The van der Waals surface area contributed by atoms with Crippen molar-refractivity contribution >= 4 is 5.97 Å². The molecular weight excluding hydrogens is 180 g/mol. The molecule has 1 unspecified atom stereocenters. The van der Waals surface area contributed by atoms with Crippen LogP contribution in [0.15, 0.2) is 0 Å². The molecule has 0 radical (unpaired) electrons. The van der Waals surface area contributed by atoms with Gasteiger partial charge in [-0.15, -0.1) is 0 Å². The Kier molecular flexibility index (Phi) is 4.94. The lowest BCUT2D eigenvalue weighted by atomic mass is 9.85. The second-order valence-corrected chi connectivity index (χ2v) is 4.14. The van der Waals surface area contributed by atoms with Crippen molar-refractivity contribution in [1.29, 1.82) is 0 Å². The van der Waals surface area contributed by atoms with Crippen LogP contribution in [0.1, 0.15) is 44.9 Å². The quantitative estimate of drug-likeness (QED) is 0.741. The summed E-state index contributed by atoms with van der Waals surface area (Å²) in [4.78, 5) is 10.7. The lowest BCUT2D eigenvalue weighted by molar-refractivity contribution is -0.149. The molecule has 14 heavy (non-hydrogen) atoms. The van der Waals surface area contributed by atoms with Gasteiger partial charge in [0.25, 0.3) is 0 Å². The smallest absolute Gasteiger partial charge is 0.332 e. The van der Waals surface area contributed by atoms with Crippen LogP contribution in [0, 0.1) is 5.92 Å². The van der Waals surface area contributed by atoms with Gasteiger partial charge in [0.05, 0.1) is 0 Å². The molecule has 3 heteroatoms. The van der Waals surface area contributed by atoms with Gasteiger partial charge in [-0.1, -0.05) is 32.1 Å². The van der Waals surface area contributed by atoms with Gasteiger partial charge in [-0.2, -0.15) is 0 Å². The molecule has 1 rings (SSSR count). The van der Waals surface area contributed by atoms with Crippen LogP contribution < -0.4 is 0 Å². The van der Waals surface area contributed by atoms with Crippen LogP contribution in [0.5, 0.6) is 0 Å². The largest absolute Gasteiger partial charge is 0.479 e. The molecule has 0 bridgehead atoms. The molecule has 1 saturated carbocycles. The number of aliphatic carboxylic acids is 1. The molecular formula is C11H20O3. The fourth-order valence-electron chi connectivity index (χ4n) is 2.21. The van der Waals surface area contributed by atoms with Crippen LogP contribution in [-0.2, 0) is 9.53 Å². The van der Waals surface area contributed by atoms with Gasteiger partial charge in [-0.25, -0.2) is 4.79 Å². The number of methoxy groups -OCH3 is 1. The molecule has 1 aliphatic rings. The van der Waals surface area contributed by atoms with Crippen LogP contribution in [0.2, 0.25) is 0 Å². The predicted octanol–water partition coefficient (Wildman–Crippen LogP) is 2.45. The third kappa shape index (κ3) is 3.66. The summed E-state index contributed by atoms with van der Waals surface area (Å²) in [6.45, 7) is 0. The summed E-state index contributed by atoms with van der Waals surface area (Å²) in [5.41, 5.74) is 0. The lowest BCUT2D eigenvalue weighted by Gasteiger charge is -2.22. The first-order valence-electron chi connectivity index (χ1n) is 5.49. The molecule has 82 valence electrons. The first-order valence-corrected chi connectivity index (χ1v) is 5.49. The molecule has 0 aromatic carbocycles. The number of ether oxygens (including phenoxy) is 1. The first kappa shape index (κ1) is 11.5. The number of carboxylic acids is 1. The van der Waals surface area contributed by atoms with Crippen molar-refractivity contribution in [2.45, 2.75) is 51.0 Å². The maximum Gasteiger partial charge on any atom is 0.332 e. The number of carboxylic acid groups (broad SMARTS) is 1. The molecule has 0 aromatic heterocycles. The number of carbonyl (C=O) groups is 1. The summed E-state index contributed by atoms with van der Waals surface area (Å²) in [6, 6.07) is 0. The molecule has 0 amide bonds. The lowest BCUT2D eigenvalue weighted by Crippen LogP contribution is -2.23. The Hall–Kier alpha value is -0.570. The van der Waals surface area contributed by atoms with E-state index in [0.717, 1.165) is 12.3 Å². The SMILES string of the molecule is COC(CCC1CCCCC1)C(=O)O. The minimum atomic E-state index is -0.830. The summed E-state index contributed by atoms with van der Waals surface area (Å²) >= 11 is 0. The van der Waals surface area contributed by atoms with E-state index < -0.39 is 12.1 Å². The summed E-state index contributed by atoms with van der Waals surface area (Å²) in [7, 11) is 1.47. The van der Waals surface area contributed by atoms with Gasteiger partial charge < -0.3 is 9.84 Å². The second kappa shape index (κ2) is 6.02. The number of hydrogen-bond acceptors (Lipinski definition) is 2. The maximum absolute atomic E-state index is 10.7. The van der Waals surface area contributed by atoms with E-state index in [0.29, 0.717) is 6.42 Å². The van der Waals surface area contributed by atoms with E-state index in [1.54, 1.807) is 0 Å². The highest BCUT2D eigenvalue weighted by atomic mass is 16.5. The van der Waals surface area contributed by atoms with Crippen molar-refractivity contribution in [3.63, 3.8) is 0 Å². The number of hydrogen-bond donors (Lipinski definition) is 1. The molecule has 1 fully saturated rings. The standard InChI is InChI=1S/C11H20O3/c1-14-10(11(12)13)8-7-9-5-3-2-4-6-9/h9-10H,2-8H2,1H3,(H,12,13). The van der Waals surface area contributed by atoms with Crippen molar-refractivity contribution in [2.75, 3.05) is 7.11 Å². The highest BCUT2D eigenvalue weighted by Crippen LogP contribution is 2.27. The third-order valence-electron chi connectivity index (χ3n) is 3.12. The highest BCUT2D eigenvalue weighted by molar-refractivity contribution is 5.72. The van der Waals surface area contributed by atoms with Crippen molar-refractivity contribution in [2.24, 2.45) is 5.92 Å². The molecule has 0 aromatic rings. The normalized spacial score (nSPS) is 20.6. The van der Waals surface area contributed by atoms with Crippen molar-refractivity contribution in [1.82, 2.24) is 0 Å². The minimum Gasteiger partial charge on any atom is -0.479 e. The van der Waals surface area contributed by atoms with Gasteiger partial charge in [-0.05, 0) is 18.8 Å². The van der Waals surface area contributed by atoms with Crippen LogP contribution in [-0.4, -0.2) is 24.3 Å². The van der Waals surface area contributed by atoms with Gasteiger partial charge in [0.1, 0.15) is 0 Å². The van der Waals surface area contributed by atoms with Crippen LogP contribution >= 0.6 is 0 Å². The maximum atomic E-state index is 10.7. The molecule has 0 spiro atoms. The van der Waals surface area contributed by atoms with Crippen LogP contribution in [0.3, 0.4) is 0 Å². The van der Waals surface area contributed by atoms with E-state index in [-0.39, 0.29) is 0 Å². The average molecular weight is 200 g/mol. The molecule has 0 aliphatic heterocycles. The Bertz CT molecular complexity index is 173. The van der Waals surface area contributed by atoms with Crippen molar-refractivity contribution in [3.05, 3.63) is 0 Å². The van der Waals surface area contributed by atoms with Crippen molar-refractivity contribution < 1.29 is 14.6 Å². The summed E-state index contributed by atoms with van der Waals surface area (Å²) in [5.74, 6) is -0.0935. The molecule has 0 heterocycles. The molecule has 1 N–H and O–H groups in total. The number of rotatable bonds is 5. The summed E-state index contributed by atoms with van der Waals surface area (Å²) in [5, 5.41) is 8.78. The zero-order valence-corrected chi connectivity index (χ0v) is 8.87. The van der Waals surface area contributed by atoms with Crippen molar-refractivity contribution in [3.8, 4) is 0 Å². The molecule has 3 nitrogen and oxygen atoms in total. The van der Waals surface area contributed by atoms with Gasteiger partial charge >= 0.3 is 5.97 Å². The van der Waals surface area contributed by atoms with Crippen LogP contribution in [0.4, 0.5) is 0 Å². The predicted molar refractivity (Wildman–Crippen MR) is 54.2 cm³/mol. The summed E-state index contributed by atoms with van der Waals surface area (Å²) < 4.78 is 4.90. The fourth-order valence-corrected chi connectivity index (χ4v) is 2.21. The monoisotopic (exact) mass is 200 g/mol. The van der Waals surface area contributed by atoms with E-state index in [1.165, 1.54) is 39.2 Å². The van der Waals surface area contributed by atoms with E-state index in [2.05, 4.69) is 0 Å². The minimum absolute atomic E-state index is 0.600. The van der Waals surface area contributed by atoms with Gasteiger partial charge in [-0.3, -0.25) is 0 Å². The Morgan fingerprint density at radius 1 is 1.43 bits per heavy atom.